The summed E-state index contributed by atoms with van der Waals surface area (Å²) < 4.78 is 50.2. The van der Waals surface area contributed by atoms with Crippen LogP contribution < -0.4 is 4.72 Å². The summed E-state index contributed by atoms with van der Waals surface area (Å²) in [6.45, 7) is 1.89. The first-order valence-corrected chi connectivity index (χ1v) is 11.5. The van der Waals surface area contributed by atoms with Crippen molar-refractivity contribution in [2.45, 2.75) is 23.6 Å². The van der Waals surface area contributed by atoms with Crippen molar-refractivity contribution in [3.8, 4) is 10.6 Å². The molecule has 3 rings (SSSR count). The molecule has 22 heavy (non-hydrogen) atoms. The van der Waals surface area contributed by atoms with Crippen molar-refractivity contribution in [1.29, 1.82) is 0 Å². The fourth-order valence-electron chi connectivity index (χ4n) is 2.24. The Kier molecular flexibility index (Phi) is 4.14. The largest absolute Gasteiger partial charge is 0.250 e. The molecule has 120 valence electrons. The molecule has 0 spiro atoms. The first-order valence-electron chi connectivity index (χ1n) is 6.50. The number of rotatable bonds is 4. The van der Waals surface area contributed by atoms with Crippen LogP contribution in [-0.4, -0.2) is 39.4 Å². The third kappa shape index (κ3) is 3.40. The van der Waals surface area contributed by atoms with Crippen LogP contribution in [0.1, 0.15) is 11.4 Å². The topological polar surface area (TPSA) is 93.2 Å². The van der Waals surface area contributed by atoms with Gasteiger partial charge >= 0.3 is 0 Å². The van der Waals surface area contributed by atoms with Crippen molar-refractivity contribution in [3.05, 3.63) is 22.5 Å². The number of nitrogens with zero attached hydrogens (tertiary/aromatic N) is 1. The summed E-state index contributed by atoms with van der Waals surface area (Å²) in [7, 11) is -6.81. The molecule has 0 radical (unpaired) electrons. The maximum Gasteiger partial charge on any atom is 0.250 e. The average Bonchev–Trinajstić information content (AvgIpc) is 3.09. The molecule has 0 aromatic carbocycles. The summed E-state index contributed by atoms with van der Waals surface area (Å²) in [5, 5.41) is 2.80. The van der Waals surface area contributed by atoms with E-state index in [1.54, 1.807) is 6.07 Å². The molecule has 0 saturated carbocycles. The lowest BCUT2D eigenvalue weighted by Gasteiger charge is -2.09. The number of sulfonamides is 1. The van der Waals surface area contributed by atoms with Gasteiger partial charge in [-0.05, 0) is 25.5 Å². The van der Waals surface area contributed by atoms with Crippen LogP contribution in [0.3, 0.4) is 0 Å². The van der Waals surface area contributed by atoms with Crippen molar-refractivity contribution < 1.29 is 16.8 Å². The second-order valence-corrected chi connectivity index (χ2v) is 11.4. The third-order valence-corrected chi connectivity index (χ3v) is 8.93. The standard InChI is InChI=1S/C12H14N2O4S4/c1-8-13-10(6-19-8)11-2-3-12(20-11)22(17,18)14-9-4-5-21(15,16)7-9/h2-3,6,9,14H,4-5,7H2,1H3. The molecule has 1 saturated heterocycles. The van der Waals surface area contributed by atoms with Gasteiger partial charge in [-0.25, -0.2) is 26.5 Å². The van der Waals surface area contributed by atoms with E-state index in [1.807, 2.05) is 12.3 Å². The van der Waals surface area contributed by atoms with E-state index in [0.717, 1.165) is 26.9 Å². The van der Waals surface area contributed by atoms with Gasteiger partial charge in [0.2, 0.25) is 10.0 Å². The Bertz CT molecular complexity index is 895. The van der Waals surface area contributed by atoms with Crippen LogP contribution in [0.4, 0.5) is 0 Å². The van der Waals surface area contributed by atoms with Crippen LogP contribution >= 0.6 is 22.7 Å². The number of aromatic nitrogens is 1. The van der Waals surface area contributed by atoms with Crippen LogP contribution in [-0.2, 0) is 19.9 Å². The van der Waals surface area contributed by atoms with Gasteiger partial charge in [-0.2, -0.15) is 0 Å². The Morgan fingerprint density at radius 2 is 2.14 bits per heavy atom. The number of thiazole rings is 1. The second kappa shape index (κ2) is 5.68. The lowest BCUT2D eigenvalue weighted by atomic mass is 10.3. The van der Waals surface area contributed by atoms with Crippen LogP contribution in [0.2, 0.25) is 0 Å². The van der Waals surface area contributed by atoms with Crippen molar-refractivity contribution >= 4 is 42.5 Å². The van der Waals surface area contributed by atoms with Gasteiger partial charge in [0.25, 0.3) is 0 Å². The molecule has 1 N–H and O–H groups in total. The summed E-state index contributed by atoms with van der Waals surface area (Å²) >= 11 is 2.64. The lowest BCUT2D eigenvalue weighted by molar-refractivity contribution is 0.564. The predicted octanol–water partition coefficient (Wildman–Crippen LogP) is 1.65. The fourth-order valence-corrected chi connectivity index (χ4v) is 7.26. The Balaban J connectivity index is 1.80. The maximum absolute atomic E-state index is 12.3. The summed E-state index contributed by atoms with van der Waals surface area (Å²) in [5.74, 6) is -0.0935. The maximum atomic E-state index is 12.3. The van der Waals surface area contributed by atoms with Gasteiger partial charge in [0.05, 0.1) is 27.1 Å². The minimum atomic E-state index is -3.69. The number of thiophene rings is 1. The smallest absolute Gasteiger partial charge is 0.241 e. The lowest BCUT2D eigenvalue weighted by Crippen LogP contribution is -2.35. The molecule has 6 nitrogen and oxygen atoms in total. The minimum Gasteiger partial charge on any atom is -0.241 e. The number of sulfone groups is 1. The van der Waals surface area contributed by atoms with Crippen molar-refractivity contribution in [1.82, 2.24) is 9.71 Å². The number of aryl methyl sites for hydroxylation is 1. The van der Waals surface area contributed by atoms with E-state index >= 15 is 0 Å². The van der Waals surface area contributed by atoms with Crippen LogP contribution in [0.15, 0.2) is 21.7 Å². The molecule has 1 fully saturated rings. The first kappa shape index (κ1) is 16.1. The molecule has 1 aliphatic rings. The highest BCUT2D eigenvalue weighted by atomic mass is 32.2. The van der Waals surface area contributed by atoms with Crippen molar-refractivity contribution in [2.75, 3.05) is 11.5 Å². The molecular formula is C12H14N2O4S4. The Morgan fingerprint density at radius 3 is 2.73 bits per heavy atom. The fraction of sp³-hybridized carbons (Fsp3) is 0.417. The first-order chi connectivity index (χ1) is 10.3. The molecule has 0 bridgehead atoms. The Morgan fingerprint density at radius 1 is 1.36 bits per heavy atom. The van der Waals surface area contributed by atoms with Gasteiger partial charge in [-0.3, -0.25) is 0 Å². The summed E-state index contributed by atoms with van der Waals surface area (Å²) in [4.78, 5) is 5.11. The van der Waals surface area contributed by atoms with Gasteiger partial charge in [-0.15, -0.1) is 22.7 Å². The van der Waals surface area contributed by atoms with Gasteiger partial charge < -0.3 is 0 Å². The van der Waals surface area contributed by atoms with E-state index in [0.29, 0.717) is 6.42 Å². The molecule has 1 unspecified atom stereocenters. The molecule has 2 aromatic rings. The van der Waals surface area contributed by atoms with Gasteiger partial charge in [-0.1, -0.05) is 0 Å². The quantitative estimate of drug-likeness (QED) is 0.873. The van der Waals surface area contributed by atoms with E-state index in [1.165, 1.54) is 17.4 Å². The molecule has 1 aliphatic heterocycles. The van der Waals surface area contributed by atoms with E-state index < -0.39 is 25.9 Å². The number of hydrogen-bond donors (Lipinski definition) is 1. The molecular weight excluding hydrogens is 364 g/mol. The number of nitrogens with one attached hydrogen (secondary N) is 1. The van der Waals surface area contributed by atoms with Gasteiger partial charge in [0.1, 0.15) is 4.21 Å². The summed E-state index contributed by atoms with van der Waals surface area (Å²) in [6, 6.07) is 2.71. The highest BCUT2D eigenvalue weighted by Crippen LogP contribution is 2.31. The Hall–Kier alpha value is -0.810. The zero-order valence-electron chi connectivity index (χ0n) is 11.6. The molecule has 0 aliphatic carbocycles. The minimum absolute atomic E-state index is 0.0357. The van der Waals surface area contributed by atoms with Gasteiger partial charge in [0, 0.05) is 11.4 Å². The molecule has 3 heterocycles. The van der Waals surface area contributed by atoms with E-state index in [9.17, 15) is 16.8 Å². The predicted molar refractivity (Wildman–Crippen MR) is 87.5 cm³/mol. The van der Waals surface area contributed by atoms with Crippen LogP contribution in [0, 0.1) is 6.92 Å². The van der Waals surface area contributed by atoms with E-state index in [-0.39, 0.29) is 15.7 Å². The van der Waals surface area contributed by atoms with E-state index in [2.05, 4.69) is 9.71 Å². The third-order valence-electron chi connectivity index (χ3n) is 3.27. The van der Waals surface area contributed by atoms with Gasteiger partial charge in [0.15, 0.2) is 9.84 Å². The second-order valence-electron chi connectivity index (χ2n) is 5.09. The van der Waals surface area contributed by atoms with Crippen LogP contribution in [0.25, 0.3) is 10.6 Å². The molecule has 1 atom stereocenters. The Labute approximate surface area is 137 Å². The highest BCUT2D eigenvalue weighted by molar-refractivity contribution is 7.92. The normalized spacial score (nSPS) is 21.2. The van der Waals surface area contributed by atoms with Crippen molar-refractivity contribution in [3.63, 3.8) is 0 Å². The molecule has 0 amide bonds. The monoisotopic (exact) mass is 378 g/mol. The van der Waals surface area contributed by atoms with Crippen molar-refractivity contribution in [2.24, 2.45) is 0 Å². The SMILES string of the molecule is Cc1nc(-c2ccc(S(=O)(=O)NC3CCS(=O)(=O)C3)s2)cs1. The summed E-state index contributed by atoms with van der Waals surface area (Å²) in [6.07, 6.45) is 0.324. The highest BCUT2D eigenvalue weighted by Gasteiger charge is 2.32. The molecule has 10 heteroatoms. The zero-order chi connectivity index (χ0) is 16.0. The molecule has 2 aromatic heterocycles. The number of hydrogen-bond acceptors (Lipinski definition) is 7. The average molecular weight is 379 g/mol. The zero-order valence-corrected chi connectivity index (χ0v) is 14.9. The van der Waals surface area contributed by atoms with E-state index in [4.69, 9.17) is 0 Å². The van der Waals surface area contributed by atoms with Crippen LogP contribution in [0.5, 0.6) is 0 Å². The summed E-state index contributed by atoms with van der Waals surface area (Å²) in [5.41, 5.74) is 0.761.